The lowest BCUT2D eigenvalue weighted by molar-refractivity contribution is -0.305. The summed E-state index contributed by atoms with van der Waals surface area (Å²) in [6, 6.07) is -1.02. The van der Waals surface area contributed by atoms with Gasteiger partial charge in [0.05, 0.1) is 25.4 Å². The summed E-state index contributed by atoms with van der Waals surface area (Å²) in [5.41, 5.74) is 0. The van der Waals surface area contributed by atoms with Crippen molar-refractivity contribution in [1.82, 2.24) is 5.32 Å². The zero-order valence-corrected chi connectivity index (χ0v) is 58.3. The van der Waals surface area contributed by atoms with Gasteiger partial charge in [-0.1, -0.05) is 333 Å². The number of amides is 1. The van der Waals surface area contributed by atoms with Crippen LogP contribution in [0.4, 0.5) is 0 Å². The Balaban J connectivity index is 2.52. The number of aliphatic hydroxyl groups is 5. The normalized spacial score (nSPS) is 18.3. The minimum atomic E-state index is -1.61. The molecule has 522 valence electrons. The van der Waals surface area contributed by atoms with Gasteiger partial charge in [0.2, 0.25) is 5.91 Å². The molecule has 89 heavy (non-hydrogen) atoms. The summed E-state index contributed by atoms with van der Waals surface area (Å²) in [6.07, 6.45) is 73.0. The molecule has 8 atom stereocenters. The number of unbranched alkanes of at least 4 members (excludes halogenated alkanes) is 47. The molecule has 0 bridgehead atoms. The molecule has 1 aliphatic heterocycles. The Bertz CT molecular complexity index is 1640. The summed E-state index contributed by atoms with van der Waals surface area (Å²) < 4.78 is 17.7. The highest BCUT2D eigenvalue weighted by atomic mass is 16.7. The first-order chi connectivity index (χ1) is 43.7. The molecule has 8 unspecified atom stereocenters. The first kappa shape index (κ1) is 84.6. The summed E-state index contributed by atoms with van der Waals surface area (Å²) in [7, 11) is 0. The van der Waals surface area contributed by atoms with Gasteiger partial charge in [0.15, 0.2) is 12.4 Å². The maximum Gasteiger partial charge on any atom is 0.306 e. The molecule has 0 aromatic rings. The fraction of sp³-hybridized carbons (Fsp3) is 0.872. The van der Waals surface area contributed by atoms with Crippen LogP contribution in [0, 0.1) is 0 Å². The predicted molar refractivity (Wildman–Crippen MR) is 375 cm³/mol. The average Bonchev–Trinajstić information content (AvgIpc) is 1.85. The topological polar surface area (TPSA) is 175 Å². The molecule has 1 amide bonds. The maximum atomic E-state index is 13.5. The molecule has 1 aliphatic rings. The molecule has 1 rings (SSSR count). The highest BCUT2D eigenvalue weighted by Crippen LogP contribution is 2.27. The van der Waals surface area contributed by atoms with Crippen LogP contribution < -0.4 is 5.32 Å². The number of esters is 1. The highest BCUT2D eigenvalue weighted by Gasteiger charge is 2.47. The fourth-order valence-corrected chi connectivity index (χ4v) is 12.2. The molecule has 0 radical (unpaired) electrons. The van der Waals surface area contributed by atoms with Crippen molar-refractivity contribution >= 4 is 11.9 Å². The van der Waals surface area contributed by atoms with E-state index in [1.54, 1.807) is 6.08 Å². The molecule has 11 heteroatoms. The minimum Gasteiger partial charge on any atom is -0.454 e. The van der Waals surface area contributed by atoms with E-state index in [1.165, 1.54) is 263 Å². The standard InChI is InChI=1S/C78H145NO10/c1-4-7-10-13-16-19-22-25-27-29-31-33-34-35-36-37-38-39-41-43-45-48-51-54-57-60-63-66-73(83)89-76-75(85)74(84)72(67-80)88-78(76)87-68-69(70(81)64-61-58-55-52-49-46-24-21-18-15-12-9-6-3)79-77(86)71(82)65-62-59-56-53-50-47-44-42-40-32-30-28-26-23-20-17-14-11-8-5-2/h16,19,25-28,61,64,69-72,74-76,78,80-82,84-85H,4-15,17-18,20-24,29-60,62-63,65-68H2,1-3H3,(H,79,86)/b19-16-,27-25-,28-26+,64-61+. The molecule has 6 N–H and O–H groups in total. The average molecular weight is 1260 g/mol. The number of hydrogen-bond acceptors (Lipinski definition) is 10. The van der Waals surface area contributed by atoms with E-state index in [2.05, 4.69) is 62.5 Å². The molecule has 1 saturated heterocycles. The van der Waals surface area contributed by atoms with Gasteiger partial charge in [-0.3, -0.25) is 9.59 Å². The fourth-order valence-electron chi connectivity index (χ4n) is 12.2. The Hall–Kier alpha value is -2.38. The molecule has 0 spiro atoms. The summed E-state index contributed by atoms with van der Waals surface area (Å²) in [5, 5.41) is 57.4. The van der Waals surface area contributed by atoms with E-state index in [0.29, 0.717) is 19.3 Å². The zero-order valence-electron chi connectivity index (χ0n) is 58.3. The number of nitrogens with one attached hydrogen (secondary N) is 1. The van der Waals surface area contributed by atoms with Gasteiger partial charge in [0.25, 0.3) is 0 Å². The summed E-state index contributed by atoms with van der Waals surface area (Å²) in [6.45, 7) is 5.83. The van der Waals surface area contributed by atoms with Gasteiger partial charge < -0.3 is 45.1 Å². The largest absolute Gasteiger partial charge is 0.454 e. The van der Waals surface area contributed by atoms with Gasteiger partial charge in [-0.05, 0) is 83.5 Å². The molecular weight excluding hydrogens is 1110 g/mol. The van der Waals surface area contributed by atoms with Crippen molar-refractivity contribution in [1.29, 1.82) is 0 Å². The first-order valence-corrected chi connectivity index (χ1v) is 38.4. The van der Waals surface area contributed by atoms with Crippen molar-refractivity contribution in [2.24, 2.45) is 0 Å². The second kappa shape index (κ2) is 65.7. The Morgan fingerprint density at radius 2 is 0.775 bits per heavy atom. The lowest BCUT2D eigenvalue weighted by atomic mass is 9.99. The molecule has 0 saturated carbocycles. The van der Waals surface area contributed by atoms with E-state index in [-0.39, 0.29) is 13.0 Å². The van der Waals surface area contributed by atoms with Gasteiger partial charge in [-0.15, -0.1) is 0 Å². The Morgan fingerprint density at radius 1 is 0.438 bits per heavy atom. The number of allylic oxidation sites excluding steroid dienone is 7. The quantitative estimate of drug-likeness (QED) is 0.0195. The summed E-state index contributed by atoms with van der Waals surface area (Å²) in [5.74, 6) is -1.18. The van der Waals surface area contributed by atoms with Crippen LogP contribution in [0.15, 0.2) is 48.6 Å². The number of hydrogen-bond donors (Lipinski definition) is 6. The van der Waals surface area contributed by atoms with Gasteiger partial charge in [-0.2, -0.15) is 0 Å². The second-order valence-electron chi connectivity index (χ2n) is 26.7. The predicted octanol–water partition coefficient (Wildman–Crippen LogP) is 20.3. The van der Waals surface area contributed by atoms with Crippen LogP contribution in [0.2, 0.25) is 0 Å². The van der Waals surface area contributed by atoms with Crippen LogP contribution in [0.5, 0.6) is 0 Å². The van der Waals surface area contributed by atoms with Gasteiger partial charge in [0.1, 0.15) is 24.4 Å². The van der Waals surface area contributed by atoms with Crippen molar-refractivity contribution < 1.29 is 49.3 Å². The van der Waals surface area contributed by atoms with Crippen LogP contribution in [0.25, 0.3) is 0 Å². The summed E-state index contributed by atoms with van der Waals surface area (Å²) in [4.78, 5) is 26.7. The van der Waals surface area contributed by atoms with Crippen molar-refractivity contribution in [2.75, 3.05) is 13.2 Å². The van der Waals surface area contributed by atoms with Crippen molar-refractivity contribution in [3.05, 3.63) is 48.6 Å². The lowest BCUT2D eigenvalue weighted by Gasteiger charge is -2.41. The van der Waals surface area contributed by atoms with E-state index < -0.39 is 67.4 Å². The van der Waals surface area contributed by atoms with E-state index in [1.807, 2.05) is 6.08 Å². The molecule has 0 aliphatic carbocycles. The number of carbonyl (C=O) groups is 2. The number of carbonyl (C=O) groups excluding carboxylic acids is 2. The van der Waals surface area contributed by atoms with Crippen LogP contribution in [0.1, 0.15) is 374 Å². The number of ether oxygens (including phenoxy) is 3. The van der Waals surface area contributed by atoms with E-state index >= 15 is 0 Å². The van der Waals surface area contributed by atoms with E-state index in [0.717, 1.165) is 64.2 Å². The van der Waals surface area contributed by atoms with Crippen LogP contribution in [-0.2, 0) is 23.8 Å². The number of aliphatic hydroxyl groups excluding tert-OH is 5. The van der Waals surface area contributed by atoms with Crippen LogP contribution >= 0.6 is 0 Å². The molecule has 0 aromatic heterocycles. The second-order valence-corrected chi connectivity index (χ2v) is 26.7. The Morgan fingerprint density at radius 3 is 1.18 bits per heavy atom. The van der Waals surface area contributed by atoms with Gasteiger partial charge >= 0.3 is 5.97 Å². The zero-order chi connectivity index (χ0) is 64.6. The third-order valence-electron chi connectivity index (χ3n) is 18.2. The lowest BCUT2D eigenvalue weighted by Crippen LogP contribution is -2.61. The van der Waals surface area contributed by atoms with E-state index in [4.69, 9.17) is 14.2 Å². The smallest absolute Gasteiger partial charge is 0.306 e. The minimum absolute atomic E-state index is 0.127. The molecule has 0 aromatic carbocycles. The molecule has 1 fully saturated rings. The van der Waals surface area contributed by atoms with Crippen molar-refractivity contribution in [2.45, 2.75) is 423 Å². The summed E-state index contributed by atoms with van der Waals surface area (Å²) >= 11 is 0. The SMILES string of the molecule is CCCCC/C=C\C/C=C\CCCCCCCCCCCCCCCCCCCC(=O)OC1C(OCC(NC(=O)C(O)CCCCCCCCCCCC/C=C/CCCCCCCC)C(O)/C=C/CCCCCCCCCCCCC)OC(CO)C(O)C1O. The van der Waals surface area contributed by atoms with Gasteiger partial charge in [-0.25, -0.2) is 0 Å². The molecule has 1 heterocycles. The molecule has 11 nitrogen and oxygen atoms in total. The van der Waals surface area contributed by atoms with Crippen LogP contribution in [-0.4, -0.2) is 99.6 Å². The third kappa shape index (κ3) is 52.7. The van der Waals surface area contributed by atoms with Crippen molar-refractivity contribution in [3.63, 3.8) is 0 Å². The van der Waals surface area contributed by atoms with E-state index in [9.17, 15) is 35.1 Å². The van der Waals surface area contributed by atoms with Crippen LogP contribution in [0.3, 0.4) is 0 Å². The van der Waals surface area contributed by atoms with Crippen molar-refractivity contribution in [3.8, 4) is 0 Å². The Labute approximate surface area is 548 Å². The first-order valence-electron chi connectivity index (χ1n) is 38.4. The monoisotopic (exact) mass is 1260 g/mol. The van der Waals surface area contributed by atoms with Gasteiger partial charge in [0, 0.05) is 6.42 Å². The third-order valence-corrected chi connectivity index (χ3v) is 18.2. The maximum absolute atomic E-state index is 13.5. The highest BCUT2D eigenvalue weighted by molar-refractivity contribution is 5.80. The Kier molecular flexibility index (Phi) is 62.4. The molecular formula is C78H145NO10. The number of rotatable bonds is 67.